The molecular weight excluding hydrogens is 228 g/mol. The third kappa shape index (κ3) is 1.82. The first-order chi connectivity index (χ1) is 7.72. The van der Waals surface area contributed by atoms with E-state index in [1.165, 1.54) is 12.8 Å². The van der Waals surface area contributed by atoms with E-state index in [1.807, 2.05) is 4.90 Å². The van der Waals surface area contributed by atoms with Crippen molar-refractivity contribution in [2.75, 3.05) is 23.3 Å². The molecule has 0 saturated heterocycles. The summed E-state index contributed by atoms with van der Waals surface area (Å²) in [6, 6.07) is 0. The molecule has 1 N–H and O–H groups in total. The molecule has 6 heteroatoms. The van der Waals surface area contributed by atoms with Crippen molar-refractivity contribution < 1.29 is 4.79 Å². The molecule has 0 unspecified atom stereocenters. The monoisotopic (exact) mass is 238 g/mol. The zero-order chi connectivity index (χ0) is 11.1. The van der Waals surface area contributed by atoms with Gasteiger partial charge in [-0.2, -0.15) is 4.98 Å². The number of fused-ring (bicyclic) bond motifs is 1. The maximum atomic E-state index is 11.5. The maximum absolute atomic E-state index is 11.5. The van der Waals surface area contributed by atoms with Crippen molar-refractivity contribution in [2.45, 2.75) is 12.8 Å². The molecule has 1 fully saturated rings. The van der Waals surface area contributed by atoms with Gasteiger partial charge in [-0.15, -0.1) is 0 Å². The van der Waals surface area contributed by atoms with Gasteiger partial charge in [0.25, 0.3) is 0 Å². The van der Waals surface area contributed by atoms with Crippen molar-refractivity contribution in [2.24, 2.45) is 5.92 Å². The second kappa shape index (κ2) is 3.59. The topological polar surface area (TPSA) is 58.1 Å². The minimum Gasteiger partial charge on any atom is -0.345 e. The average molecular weight is 239 g/mol. The first kappa shape index (κ1) is 9.84. The Morgan fingerprint density at radius 1 is 1.56 bits per heavy atom. The Morgan fingerprint density at radius 3 is 3.12 bits per heavy atom. The largest absolute Gasteiger partial charge is 0.345 e. The van der Waals surface area contributed by atoms with Crippen molar-refractivity contribution in [3.05, 3.63) is 11.5 Å². The van der Waals surface area contributed by atoms with E-state index in [4.69, 9.17) is 11.6 Å². The van der Waals surface area contributed by atoms with Gasteiger partial charge in [0.1, 0.15) is 5.69 Å². The Morgan fingerprint density at radius 2 is 2.38 bits per heavy atom. The van der Waals surface area contributed by atoms with Crippen molar-refractivity contribution in [1.82, 2.24) is 9.97 Å². The summed E-state index contributed by atoms with van der Waals surface area (Å²) < 4.78 is 0. The smallest absolute Gasteiger partial charge is 0.244 e. The number of carbonyl (C=O) groups excluding carboxylic acids is 1. The van der Waals surface area contributed by atoms with E-state index in [2.05, 4.69) is 15.3 Å². The van der Waals surface area contributed by atoms with Gasteiger partial charge in [0.2, 0.25) is 11.2 Å². The fraction of sp³-hybridized carbons (Fsp3) is 0.500. The summed E-state index contributed by atoms with van der Waals surface area (Å²) in [7, 11) is 0. The van der Waals surface area contributed by atoms with Crippen LogP contribution in [0.3, 0.4) is 0 Å². The molecule has 84 valence electrons. The van der Waals surface area contributed by atoms with Crippen LogP contribution in [-0.4, -0.2) is 29.0 Å². The first-order valence-corrected chi connectivity index (χ1v) is 5.67. The van der Waals surface area contributed by atoms with Gasteiger partial charge in [0.15, 0.2) is 5.82 Å². The number of halogens is 1. The number of rotatable bonds is 2. The summed E-state index contributed by atoms with van der Waals surface area (Å²) >= 11 is 5.77. The molecule has 2 aliphatic rings. The molecular formula is C10H11ClN4O. The average Bonchev–Trinajstić information content (AvgIpc) is 3.03. The summed E-state index contributed by atoms with van der Waals surface area (Å²) in [5, 5.41) is 2.96. The van der Waals surface area contributed by atoms with Gasteiger partial charge in [0, 0.05) is 6.54 Å². The van der Waals surface area contributed by atoms with Crippen molar-refractivity contribution >= 4 is 29.0 Å². The predicted molar refractivity (Wildman–Crippen MR) is 60.6 cm³/mol. The van der Waals surface area contributed by atoms with E-state index in [1.54, 1.807) is 6.20 Å². The molecule has 0 atom stereocenters. The van der Waals surface area contributed by atoms with E-state index in [0.717, 1.165) is 12.4 Å². The molecule has 1 aromatic heterocycles. The minimum absolute atomic E-state index is 0.0147. The quantitative estimate of drug-likeness (QED) is 0.789. The molecule has 1 amide bonds. The Bertz CT molecular complexity index is 446. The van der Waals surface area contributed by atoms with Crippen LogP contribution < -0.4 is 10.2 Å². The Labute approximate surface area is 97.8 Å². The molecule has 1 aliphatic carbocycles. The molecule has 1 aliphatic heterocycles. The highest BCUT2D eigenvalue weighted by Gasteiger charge is 2.30. The van der Waals surface area contributed by atoms with Crippen LogP contribution in [0.15, 0.2) is 6.20 Å². The number of hydrogen-bond acceptors (Lipinski definition) is 4. The van der Waals surface area contributed by atoms with E-state index in [9.17, 15) is 4.79 Å². The SMILES string of the molecule is O=C1CN(CC2CC2)c2nc(Cl)ncc2N1. The fourth-order valence-corrected chi connectivity index (χ4v) is 2.01. The summed E-state index contributed by atoms with van der Waals surface area (Å²) in [5.41, 5.74) is 0.654. The van der Waals surface area contributed by atoms with E-state index >= 15 is 0 Å². The summed E-state index contributed by atoms with van der Waals surface area (Å²) in [6.07, 6.45) is 4.04. The highest BCUT2D eigenvalue weighted by atomic mass is 35.5. The van der Waals surface area contributed by atoms with Crippen LogP contribution in [0.2, 0.25) is 5.28 Å². The summed E-state index contributed by atoms with van der Waals surface area (Å²) in [6.45, 7) is 1.24. The second-order valence-electron chi connectivity index (χ2n) is 4.25. The molecule has 0 aromatic carbocycles. The number of amides is 1. The van der Waals surface area contributed by atoms with Crippen molar-refractivity contribution in [3.63, 3.8) is 0 Å². The number of carbonyl (C=O) groups is 1. The van der Waals surface area contributed by atoms with E-state index in [0.29, 0.717) is 18.2 Å². The molecule has 5 nitrogen and oxygen atoms in total. The van der Waals surface area contributed by atoms with Gasteiger partial charge in [0.05, 0.1) is 12.7 Å². The lowest BCUT2D eigenvalue weighted by molar-refractivity contribution is -0.115. The van der Waals surface area contributed by atoms with Crippen LogP contribution in [0, 0.1) is 5.92 Å². The highest BCUT2D eigenvalue weighted by molar-refractivity contribution is 6.28. The first-order valence-electron chi connectivity index (χ1n) is 5.30. The van der Waals surface area contributed by atoms with Crippen molar-refractivity contribution in [3.8, 4) is 0 Å². The summed E-state index contributed by atoms with van der Waals surface area (Å²) in [5.74, 6) is 1.43. The van der Waals surface area contributed by atoms with Gasteiger partial charge < -0.3 is 10.2 Å². The van der Waals surface area contributed by atoms with Gasteiger partial charge in [-0.3, -0.25) is 4.79 Å². The van der Waals surface area contributed by atoms with Crippen LogP contribution in [-0.2, 0) is 4.79 Å². The lowest BCUT2D eigenvalue weighted by Crippen LogP contribution is -2.40. The van der Waals surface area contributed by atoms with Crippen molar-refractivity contribution in [1.29, 1.82) is 0 Å². The standard InChI is InChI=1S/C10H11ClN4O/c11-10-12-3-7-9(14-10)15(4-6-1-2-6)5-8(16)13-7/h3,6H,1-2,4-5H2,(H,13,16). The normalized spacial score (nSPS) is 19.3. The van der Waals surface area contributed by atoms with Gasteiger partial charge >= 0.3 is 0 Å². The van der Waals surface area contributed by atoms with Crippen LogP contribution in [0.25, 0.3) is 0 Å². The van der Waals surface area contributed by atoms with E-state index in [-0.39, 0.29) is 11.2 Å². The summed E-state index contributed by atoms with van der Waals surface area (Å²) in [4.78, 5) is 21.5. The molecule has 3 rings (SSSR count). The Kier molecular flexibility index (Phi) is 2.21. The molecule has 2 heterocycles. The van der Waals surface area contributed by atoms with E-state index < -0.39 is 0 Å². The third-order valence-electron chi connectivity index (χ3n) is 2.82. The molecule has 0 bridgehead atoms. The Balaban J connectivity index is 1.94. The number of aromatic nitrogens is 2. The van der Waals surface area contributed by atoms with Crippen LogP contribution >= 0.6 is 11.6 Å². The molecule has 1 saturated carbocycles. The van der Waals surface area contributed by atoms with Gasteiger partial charge in [-0.25, -0.2) is 4.98 Å². The zero-order valence-electron chi connectivity index (χ0n) is 8.61. The number of anilines is 2. The lowest BCUT2D eigenvalue weighted by atomic mass is 10.2. The molecule has 16 heavy (non-hydrogen) atoms. The number of nitrogens with zero attached hydrogens (tertiary/aromatic N) is 3. The van der Waals surface area contributed by atoms with Gasteiger partial charge in [-0.05, 0) is 30.4 Å². The van der Waals surface area contributed by atoms with Crippen LogP contribution in [0.1, 0.15) is 12.8 Å². The molecule has 0 spiro atoms. The number of nitrogens with one attached hydrogen (secondary N) is 1. The minimum atomic E-state index is -0.0147. The zero-order valence-corrected chi connectivity index (χ0v) is 9.37. The highest BCUT2D eigenvalue weighted by Crippen LogP contribution is 2.34. The molecule has 1 aromatic rings. The third-order valence-corrected chi connectivity index (χ3v) is 3.00. The lowest BCUT2D eigenvalue weighted by Gasteiger charge is -2.29. The van der Waals surface area contributed by atoms with Crippen LogP contribution in [0.5, 0.6) is 0 Å². The Hall–Kier alpha value is -1.36. The molecule has 0 radical (unpaired) electrons. The fourth-order valence-electron chi connectivity index (χ4n) is 1.88. The second-order valence-corrected chi connectivity index (χ2v) is 4.59. The number of hydrogen-bond donors (Lipinski definition) is 1. The predicted octanol–water partition coefficient (Wildman–Crippen LogP) is 1.30. The van der Waals surface area contributed by atoms with Gasteiger partial charge in [-0.1, -0.05) is 0 Å². The maximum Gasteiger partial charge on any atom is 0.244 e. The van der Waals surface area contributed by atoms with Crippen LogP contribution in [0.4, 0.5) is 11.5 Å².